The fourth-order valence-corrected chi connectivity index (χ4v) is 18.8. The van der Waals surface area contributed by atoms with Gasteiger partial charge in [-0.15, -0.1) is 10.2 Å². The monoisotopic (exact) mass is 1660 g/mol. The van der Waals surface area contributed by atoms with Gasteiger partial charge in [0.15, 0.2) is 22.9 Å². The third kappa shape index (κ3) is 12.9. The maximum Gasteiger partial charge on any atom is 0.182 e. The highest BCUT2D eigenvalue weighted by Crippen LogP contribution is 2.43. The molecule has 606 valence electrons. The molecule has 0 fully saturated rings. The van der Waals surface area contributed by atoms with Crippen LogP contribution in [-0.4, -0.2) is 68.8 Å². The lowest BCUT2D eigenvalue weighted by atomic mass is 10.0. The second-order valence-electron chi connectivity index (χ2n) is 32.5. The van der Waals surface area contributed by atoms with Gasteiger partial charge >= 0.3 is 0 Å². The van der Waals surface area contributed by atoms with E-state index in [0.29, 0.717) is 50.9 Å². The van der Waals surface area contributed by atoms with Gasteiger partial charge in [0.1, 0.15) is 44.8 Å². The molecule has 15 heteroatoms. The molecular formula is C115H70N14O. The molecular weight excluding hydrogens is 1590 g/mol. The molecule has 0 saturated heterocycles. The fraction of sp³-hybridized carbons (Fsp3) is 0. The van der Waals surface area contributed by atoms with Crippen LogP contribution in [0.4, 0.5) is 0 Å². The van der Waals surface area contributed by atoms with Gasteiger partial charge in [0.2, 0.25) is 0 Å². The number of para-hydroxylation sites is 4. The zero-order valence-electron chi connectivity index (χ0n) is 69.6. The highest BCUT2D eigenvalue weighted by Gasteiger charge is 2.23. The van der Waals surface area contributed by atoms with Gasteiger partial charge in [-0.05, 0) is 189 Å². The predicted molar refractivity (Wildman–Crippen MR) is 528 cm³/mol. The van der Waals surface area contributed by atoms with E-state index in [1.165, 1.54) is 109 Å². The van der Waals surface area contributed by atoms with Crippen molar-refractivity contribution in [3.05, 3.63) is 425 Å². The Kier molecular flexibility index (Phi) is 17.8. The van der Waals surface area contributed by atoms with E-state index in [-0.39, 0.29) is 0 Å². The van der Waals surface area contributed by atoms with E-state index in [0.717, 1.165) is 89.2 Å². The topological polar surface area (TPSA) is 170 Å². The molecule has 10 aromatic heterocycles. The van der Waals surface area contributed by atoms with Gasteiger partial charge in [-0.1, -0.05) is 249 Å². The van der Waals surface area contributed by atoms with Crippen LogP contribution in [0.25, 0.3) is 249 Å². The van der Waals surface area contributed by atoms with Crippen molar-refractivity contribution in [3.8, 4) is 96.0 Å². The van der Waals surface area contributed by atoms with E-state index < -0.39 is 0 Å². The highest BCUT2D eigenvalue weighted by molar-refractivity contribution is 6.17. The highest BCUT2D eigenvalue weighted by atomic mass is 16.3. The molecule has 0 aliphatic rings. The van der Waals surface area contributed by atoms with Gasteiger partial charge in [-0.2, -0.15) is 0 Å². The van der Waals surface area contributed by atoms with Crippen LogP contribution in [0.3, 0.4) is 0 Å². The first-order chi connectivity index (χ1) is 64.4. The zero-order valence-corrected chi connectivity index (χ0v) is 69.6. The Morgan fingerprint density at radius 2 is 0.531 bits per heavy atom. The molecule has 17 aromatic carbocycles. The summed E-state index contributed by atoms with van der Waals surface area (Å²) in [5.74, 6) is 1.28. The summed E-state index contributed by atoms with van der Waals surface area (Å²) in [6, 6.07) is 138. The molecule has 0 spiro atoms. The van der Waals surface area contributed by atoms with E-state index in [2.05, 4.69) is 344 Å². The number of aromatic nitrogens is 14. The molecule has 10 heterocycles. The number of hydrogen-bond donors (Lipinski definition) is 0. The summed E-state index contributed by atoms with van der Waals surface area (Å²) in [5.41, 5.74) is 26.4. The SMILES string of the molecule is c1ccc(-c2ccc(-c3nc(-c4ccc(-n5c6ccccc6c6cc7ccccc7cc65)cc4)nc4ncccc34)cc2)cc1.c1ccc(-c2nc(-c3ccc(-n4c5ccccc5c5cc6ccccc6cc54)cc3)nc3nccnc23)cc1.c1ccc2cc3c(cc2c1)c1ccccc1n3-c1ccc(-c2nnc(-c3ccc4c(c3)oc3ccccc34)c3nccnc23)cc1. The molecule has 27 aromatic rings. The van der Waals surface area contributed by atoms with E-state index in [1.807, 2.05) is 78.9 Å². The van der Waals surface area contributed by atoms with Gasteiger partial charge in [-0.25, -0.2) is 34.9 Å². The molecule has 0 saturated carbocycles. The molecule has 130 heavy (non-hydrogen) atoms. The van der Waals surface area contributed by atoms with E-state index in [1.54, 1.807) is 31.0 Å². The Labute approximate surface area is 742 Å². The smallest absolute Gasteiger partial charge is 0.182 e. The largest absolute Gasteiger partial charge is 0.456 e. The van der Waals surface area contributed by atoms with Gasteiger partial charge < -0.3 is 18.1 Å². The summed E-state index contributed by atoms with van der Waals surface area (Å²) >= 11 is 0. The maximum absolute atomic E-state index is 6.15. The average Bonchev–Trinajstić information content (AvgIpc) is 1.57. The molecule has 0 unspecified atom stereocenters. The average molecular weight is 1660 g/mol. The van der Waals surface area contributed by atoms with Crippen molar-refractivity contribution in [2.45, 2.75) is 0 Å². The second kappa shape index (κ2) is 31.1. The lowest BCUT2D eigenvalue weighted by Crippen LogP contribution is -1.99. The summed E-state index contributed by atoms with van der Waals surface area (Å²) in [6.07, 6.45) is 8.55. The first kappa shape index (κ1) is 74.7. The summed E-state index contributed by atoms with van der Waals surface area (Å²) in [7, 11) is 0. The lowest BCUT2D eigenvalue weighted by Gasteiger charge is -2.11. The predicted octanol–water partition coefficient (Wildman–Crippen LogP) is 28.2. The van der Waals surface area contributed by atoms with Crippen molar-refractivity contribution in [2.75, 3.05) is 0 Å². The zero-order chi connectivity index (χ0) is 85.7. The van der Waals surface area contributed by atoms with Gasteiger partial charge in [0.05, 0.1) is 38.8 Å². The molecule has 0 aliphatic heterocycles. The Morgan fingerprint density at radius 3 is 1.05 bits per heavy atom. The quantitative estimate of drug-likeness (QED) is 0.127. The third-order valence-corrected chi connectivity index (χ3v) is 25.0. The number of nitrogens with zero attached hydrogens (tertiary/aromatic N) is 14. The molecule has 0 atom stereocenters. The van der Waals surface area contributed by atoms with Crippen LogP contribution < -0.4 is 0 Å². The molecule has 15 nitrogen and oxygen atoms in total. The van der Waals surface area contributed by atoms with Crippen LogP contribution in [0.15, 0.2) is 430 Å². The Balaban J connectivity index is 0.000000106. The maximum atomic E-state index is 6.15. The van der Waals surface area contributed by atoms with Crippen molar-refractivity contribution >= 4 is 153 Å². The number of benzene rings is 17. The first-order valence-corrected chi connectivity index (χ1v) is 43.2. The Morgan fingerprint density at radius 1 is 0.185 bits per heavy atom. The van der Waals surface area contributed by atoms with Crippen LogP contribution in [-0.2, 0) is 0 Å². The van der Waals surface area contributed by atoms with Crippen molar-refractivity contribution in [2.24, 2.45) is 0 Å². The van der Waals surface area contributed by atoms with Crippen molar-refractivity contribution in [1.82, 2.24) is 68.8 Å². The Bertz CT molecular complexity index is 9170. The van der Waals surface area contributed by atoms with E-state index in [4.69, 9.17) is 44.5 Å². The minimum Gasteiger partial charge on any atom is -0.456 e. The van der Waals surface area contributed by atoms with E-state index >= 15 is 0 Å². The van der Waals surface area contributed by atoms with Gasteiger partial charge in [0.25, 0.3) is 0 Å². The van der Waals surface area contributed by atoms with Gasteiger partial charge in [0, 0.05) is 130 Å². The fourth-order valence-electron chi connectivity index (χ4n) is 18.8. The van der Waals surface area contributed by atoms with Crippen molar-refractivity contribution in [3.63, 3.8) is 0 Å². The van der Waals surface area contributed by atoms with Crippen molar-refractivity contribution < 1.29 is 4.42 Å². The number of rotatable bonds is 10. The molecule has 0 bridgehead atoms. The van der Waals surface area contributed by atoms with Crippen LogP contribution in [0.5, 0.6) is 0 Å². The number of furan rings is 1. The molecule has 0 aliphatic carbocycles. The molecule has 0 N–H and O–H groups in total. The summed E-state index contributed by atoms with van der Waals surface area (Å²) < 4.78 is 13.2. The van der Waals surface area contributed by atoms with Crippen LogP contribution in [0, 0.1) is 0 Å². The summed E-state index contributed by atoms with van der Waals surface area (Å²) in [4.78, 5) is 42.8. The number of pyridine rings is 1. The standard InChI is InChI=1S/C41H26N4.C40H23N5O.C34H21N5/c1-2-9-27(10-3-1)28-16-18-29(19-17-28)39-35-14-8-24-42-41(35)44-40(43-39)30-20-22-33(23-21-30)45-37-15-7-6-13-34(37)36-25-31-11-4-5-12-32(31)26-38(36)45;1-2-8-26-22-34-32(21-25(26)7-1)29-9-3-5-11-33(29)45(34)28-16-13-24(14-17-28)37-39-40(42-20-19-41-39)38(44-43-37)27-15-18-31-30-10-4-6-12-35(30)46-36(31)23-27;1-2-8-22(9-3-1)31-32-34(36-19-18-35-32)38-33(37-31)23-14-16-26(17-15-23)39-29-13-7-6-12-27(29)28-20-24-10-4-5-11-25(24)21-30(28)39/h1-26H;1-23H;1-21H. The minimum absolute atomic E-state index is 0.583. The molecule has 0 amide bonds. The van der Waals surface area contributed by atoms with E-state index in [9.17, 15) is 0 Å². The molecule has 0 radical (unpaired) electrons. The Hall–Kier alpha value is -18.0. The van der Waals surface area contributed by atoms with Crippen LogP contribution >= 0.6 is 0 Å². The minimum atomic E-state index is 0.583. The lowest BCUT2D eigenvalue weighted by molar-refractivity contribution is 0.669. The van der Waals surface area contributed by atoms with Gasteiger partial charge in [-0.3, -0.25) is 9.97 Å². The summed E-state index contributed by atoms with van der Waals surface area (Å²) in [5, 5.41) is 27.4. The number of fused-ring (bicyclic) bond motifs is 18. The third-order valence-electron chi connectivity index (χ3n) is 25.0. The summed E-state index contributed by atoms with van der Waals surface area (Å²) in [6.45, 7) is 0. The normalized spacial score (nSPS) is 11.7. The van der Waals surface area contributed by atoms with Crippen molar-refractivity contribution in [1.29, 1.82) is 0 Å². The molecule has 27 rings (SSSR count). The number of hydrogen-bond acceptors (Lipinski definition) is 12. The second-order valence-corrected chi connectivity index (χ2v) is 32.5. The van der Waals surface area contributed by atoms with Crippen LogP contribution in [0.2, 0.25) is 0 Å². The first-order valence-electron chi connectivity index (χ1n) is 43.2. The van der Waals surface area contributed by atoms with Crippen LogP contribution in [0.1, 0.15) is 0 Å².